The van der Waals surface area contributed by atoms with Gasteiger partial charge in [-0.15, -0.1) is 0 Å². The van der Waals surface area contributed by atoms with Crippen LogP contribution in [-0.4, -0.2) is 48.5 Å². The van der Waals surface area contributed by atoms with Crippen molar-refractivity contribution in [3.05, 3.63) is 41.5 Å². The molecule has 1 saturated heterocycles. The number of aromatic nitrogens is 1. The number of esters is 1. The molecule has 0 atom stereocenters. The van der Waals surface area contributed by atoms with E-state index in [9.17, 15) is 14.9 Å². The van der Waals surface area contributed by atoms with E-state index in [1.54, 1.807) is 32.9 Å². The minimum Gasteiger partial charge on any atom is -0.464 e. The first kappa shape index (κ1) is 23.9. The number of nitrogen functional groups attached to an aromatic ring is 1. The summed E-state index contributed by atoms with van der Waals surface area (Å²) in [5.41, 5.74) is 5.90. The fourth-order valence-electron chi connectivity index (χ4n) is 3.83. The molecular weight excluding hydrogens is 429 g/mol. The number of nitrogens with one attached hydrogen (secondary N) is 1. The predicted molar refractivity (Wildman–Crippen MR) is 121 cm³/mol. The number of amides is 1. The lowest BCUT2D eigenvalue weighted by molar-refractivity contribution is 0.0496. The van der Waals surface area contributed by atoms with Crippen LogP contribution >= 0.6 is 0 Å². The molecule has 0 spiro atoms. The number of rotatable bonds is 4. The number of halogens is 1. The van der Waals surface area contributed by atoms with Crippen molar-refractivity contribution in [2.75, 3.05) is 30.8 Å². The third-order valence-electron chi connectivity index (χ3n) is 5.31. The second-order valence-corrected chi connectivity index (χ2v) is 8.79. The van der Waals surface area contributed by atoms with Gasteiger partial charge < -0.3 is 30.0 Å². The normalized spacial score (nSPS) is 14.5. The Hall–Kier alpha value is -3.74. The molecule has 3 N–H and O–H groups in total. The summed E-state index contributed by atoms with van der Waals surface area (Å²) < 4.78 is 26.5. The van der Waals surface area contributed by atoms with Crippen LogP contribution in [0, 0.1) is 17.1 Å². The number of carbonyl (C=O) groups excluding carboxylic acids is 2. The summed E-state index contributed by atoms with van der Waals surface area (Å²) >= 11 is 0. The first-order valence-corrected chi connectivity index (χ1v) is 10.6. The molecule has 0 unspecified atom stereocenters. The van der Waals surface area contributed by atoms with Crippen molar-refractivity contribution in [3.8, 4) is 11.8 Å². The first-order valence-electron chi connectivity index (χ1n) is 10.6. The van der Waals surface area contributed by atoms with Gasteiger partial charge in [0.15, 0.2) is 5.69 Å². The number of nitriles is 1. The summed E-state index contributed by atoms with van der Waals surface area (Å²) in [7, 11) is 1.19. The molecule has 1 fully saturated rings. The van der Waals surface area contributed by atoms with E-state index in [4.69, 9.17) is 15.2 Å². The summed E-state index contributed by atoms with van der Waals surface area (Å²) in [5, 5.41) is 12.2. The van der Waals surface area contributed by atoms with E-state index >= 15 is 4.39 Å². The van der Waals surface area contributed by atoms with Crippen molar-refractivity contribution in [2.45, 2.75) is 45.3 Å². The maximum Gasteiger partial charge on any atom is 0.407 e. The number of para-hydroxylation sites is 1. The number of nitrogens with zero attached hydrogens (tertiary/aromatic N) is 3. The minimum atomic E-state index is -0.775. The van der Waals surface area contributed by atoms with Crippen LogP contribution in [0.1, 0.15) is 49.7 Å². The second-order valence-electron chi connectivity index (χ2n) is 8.79. The highest BCUT2D eigenvalue weighted by atomic mass is 19.1. The molecule has 3 rings (SSSR count). The van der Waals surface area contributed by atoms with Crippen LogP contribution in [0.4, 0.5) is 20.6 Å². The maximum atomic E-state index is 15.1. The van der Waals surface area contributed by atoms with Crippen molar-refractivity contribution >= 4 is 23.4 Å². The van der Waals surface area contributed by atoms with E-state index in [1.165, 1.54) is 23.9 Å². The second kappa shape index (κ2) is 9.40. The third kappa shape index (κ3) is 5.19. The number of piperidine rings is 1. The van der Waals surface area contributed by atoms with Crippen LogP contribution in [0.5, 0.6) is 0 Å². The van der Waals surface area contributed by atoms with Gasteiger partial charge in [0, 0.05) is 25.3 Å². The summed E-state index contributed by atoms with van der Waals surface area (Å²) in [4.78, 5) is 26.4. The zero-order chi connectivity index (χ0) is 24.3. The summed E-state index contributed by atoms with van der Waals surface area (Å²) in [6.45, 7) is 6.47. The molecule has 9 nitrogen and oxygen atoms in total. The number of methoxy groups -OCH3 is 1. The number of hydrogen-bond donors (Lipinski definition) is 2. The Labute approximate surface area is 191 Å². The van der Waals surface area contributed by atoms with Crippen LogP contribution in [0.3, 0.4) is 0 Å². The molecule has 33 heavy (non-hydrogen) atoms. The van der Waals surface area contributed by atoms with Gasteiger partial charge in [0.2, 0.25) is 0 Å². The Bertz CT molecular complexity index is 1090. The average molecular weight is 458 g/mol. The monoisotopic (exact) mass is 457 g/mol. The fourth-order valence-corrected chi connectivity index (χ4v) is 3.83. The molecular formula is C23H28FN5O4. The number of nitrogens with two attached hydrogens (primary N) is 1. The topological polar surface area (TPSA) is 123 Å². The van der Waals surface area contributed by atoms with Gasteiger partial charge in [0.1, 0.15) is 23.2 Å². The molecule has 176 valence electrons. The molecule has 1 aliphatic heterocycles. The number of anilines is 2. The van der Waals surface area contributed by atoms with E-state index in [2.05, 4.69) is 5.32 Å². The van der Waals surface area contributed by atoms with Crippen LogP contribution in [0.2, 0.25) is 0 Å². The van der Waals surface area contributed by atoms with Gasteiger partial charge in [-0.3, -0.25) is 0 Å². The molecule has 1 aromatic heterocycles. The third-order valence-corrected chi connectivity index (χ3v) is 5.31. The van der Waals surface area contributed by atoms with Gasteiger partial charge in [0.05, 0.1) is 24.0 Å². The highest BCUT2D eigenvalue weighted by molar-refractivity contribution is 5.96. The lowest BCUT2D eigenvalue weighted by atomic mass is 10.0. The Morgan fingerprint density at radius 3 is 2.52 bits per heavy atom. The summed E-state index contributed by atoms with van der Waals surface area (Å²) in [6.07, 6.45) is 2.11. The molecule has 0 saturated carbocycles. The smallest absolute Gasteiger partial charge is 0.407 e. The SMILES string of the molecule is COC(=O)c1c(N)c(C#N)cn1-c1c(F)cccc1N1CCC(NC(=O)OC(C)(C)C)CC1. The standard InChI is InChI=1S/C23H28FN5O4/c1-23(2,3)33-22(31)27-15-8-10-28(11-9-15)17-7-5-6-16(24)19(17)29-13-14(12-25)18(26)20(29)21(30)32-4/h5-7,13,15H,8-11,26H2,1-4H3,(H,27,31). The lowest BCUT2D eigenvalue weighted by Gasteiger charge is -2.35. The highest BCUT2D eigenvalue weighted by Crippen LogP contribution is 2.34. The number of benzene rings is 1. The van der Waals surface area contributed by atoms with Gasteiger partial charge >= 0.3 is 12.1 Å². The zero-order valence-corrected chi connectivity index (χ0v) is 19.1. The van der Waals surface area contributed by atoms with Crippen LogP contribution in [0.15, 0.2) is 24.4 Å². The summed E-state index contributed by atoms with van der Waals surface area (Å²) in [6, 6.07) is 6.44. The van der Waals surface area contributed by atoms with Crippen LogP contribution in [0.25, 0.3) is 5.69 Å². The zero-order valence-electron chi connectivity index (χ0n) is 19.1. The van der Waals surface area contributed by atoms with Crippen molar-refractivity contribution in [3.63, 3.8) is 0 Å². The average Bonchev–Trinajstić information content (AvgIpc) is 3.08. The predicted octanol–water partition coefficient (Wildman–Crippen LogP) is 3.35. The molecule has 1 amide bonds. The van der Waals surface area contributed by atoms with Crippen molar-refractivity contribution < 1.29 is 23.5 Å². The fraction of sp³-hybridized carbons (Fsp3) is 0.435. The molecule has 2 aromatic rings. The quantitative estimate of drug-likeness (QED) is 0.675. The maximum absolute atomic E-state index is 15.1. The Morgan fingerprint density at radius 2 is 1.94 bits per heavy atom. The molecule has 2 heterocycles. The Morgan fingerprint density at radius 1 is 1.27 bits per heavy atom. The van der Waals surface area contributed by atoms with Crippen molar-refractivity contribution in [1.82, 2.24) is 9.88 Å². The number of hydrogen-bond acceptors (Lipinski definition) is 7. The van der Waals surface area contributed by atoms with Crippen LogP contribution in [-0.2, 0) is 9.47 Å². The number of alkyl carbamates (subject to hydrolysis) is 1. The minimum absolute atomic E-state index is 0.0462. The van der Waals surface area contributed by atoms with Gasteiger partial charge in [-0.2, -0.15) is 5.26 Å². The van der Waals surface area contributed by atoms with E-state index in [-0.39, 0.29) is 28.7 Å². The van der Waals surface area contributed by atoms with Gasteiger partial charge in [-0.1, -0.05) is 6.07 Å². The first-order chi connectivity index (χ1) is 15.6. The van der Waals surface area contributed by atoms with Crippen LogP contribution < -0.4 is 16.0 Å². The summed E-state index contributed by atoms with van der Waals surface area (Å²) in [5.74, 6) is -1.35. The number of carbonyl (C=O) groups is 2. The molecule has 0 bridgehead atoms. The molecule has 1 aliphatic rings. The number of ether oxygens (including phenoxy) is 2. The van der Waals surface area contributed by atoms with Gasteiger partial charge in [0.25, 0.3) is 0 Å². The van der Waals surface area contributed by atoms with Crippen molar-refractivity contribution in [2.24, 2.45) is 0 Å². The van der Waals surface area contributed by atoms with Crippen molar-refractivity contribution in [1.29, 1.82) is 5.26 Å². The highest BCUT2D eigenvalue weighted by Gasteiger charge is 2.29. The Balaban J connectivity index is 1.88. The van der Waals surface area contributed by atoms with E-state index in [0.717, 1.165) is 0 Å². The molecule has 1 aromatic carbocycles. The molecule has 10 heteroatoms. The van der Waals surface area contributed by atoms with E-state index in [0.29, 0.717) is 31.6 Å². The van der Waals surface area contributed by atoms with Gasteiger partial charge in [-0.25, -0.2) is 14.0 Å². The Kier molecular flexibility index (Phi) is 6.81. The largest absolute Gasteiger partial charge is 0.464 e. The van der Waals surface area contributed by atoms with Gasteiger partial charge in [-0.05, 0) is 45.7 Å². The molecule has 0 radical (unpaired) electrons. The van der Waals surface area contributed by atoms with E-state index in [1.807, 2.05) is 11.0 Å². The lowest BCUT2D eigenvalue weighted by Crippen LogP contribution is -2.46. The van der Waals surface area contributed by atoms with E-state index < -0.39 is 23.5 Å². The molecule has 0 aliphatic carbocycles.